The second-order valence-corrected chi connectivity index (χ2v) is 7.24. The molecule has 0 nitrogen and oxygen atoms in total. The maximum atomic E-state index is 2.28. The van der Waals surface area contributed by atoms with Crippen molar-refractivity contribution in [3.63, 3.8) is 0 Å². The van der Waals surface area contributed by atoms with Crippen LogP contribution in [0.3, 0.4) is 0 Å². The van der Waals surface area contributed by atoms with Crippen LogP contribution in [0, 0.1) is 0 Å². The van der Waals surface area contributed by atoms with E-state index in [1.807, 2.05) is 11.3 Å². The van der Waals surface area contributed by atoms with Crippen molar-refractivity contribution in [2.75, 3.05) is 0 Å². The number of fused-ring (bicyclic) bond motifs is 7. The summed E-state index contributed by atoms with van der Waals surface area (Å²) in [7, 11) is 0. The fraction of sp³-hybridized carbons (Fsp3) is 0. The van der Waals surface area contributed by atoms with E-state index in [0.717, 1.165) is 0 Å². The Morgan fingerprint density at radius 1 is 0.526 bits per heavy atom. The molecule has 5 rings (SSSR count). The van der Waals surface area contributed by atoms with Gasteiger partial charge in [0.15, 0.2) is 0 Å². The van der Waals surface area contributed by atoms with E-state index in [4.69, 9.17) is 0 Å². The topological polar surface area (TPSA) is 0 Å². The third kappa shape index (κ3) is 1.27. The van der Waals surface area contributed by atoms with Crippen molar-refractivity contribution in [3.8, 4) is 0 Å². The molecule has 2 aromatic carbocycles. The van der Waals surface area contributed by atoms with Crippen LogP contribution in [0.15, 0.2) is 45.8 Å². The van der Waals surface area contributed by atoms with Crippen molar-refractivity contribution in [2.24, 2.45) is 0 Å². The quantitative estimate of drug-likeness (QED) is 0.306. The molecule has 5 aromatic rings. The molecule has 0 aliphatic carbocycles. The van der Waals surface area contributed by atoms with Crippen molar-refractivity contribution in [1.82, 2.24) is 0 Å². The predicted octanol–water partition coefficient (Wildman–Crippen LogP) is 6.48. The maximum Gasteiger partial charge on any atom is 0.0442 e. The zero-order chi connectivity index (χ0) is 12.4. The standard InChI is InChI=1S/C16H8S3/c1-3-11-12-4-2-10-6-18-8-14(10)16(12)19-15(11)13-7-17-5-9(1)13/h1-8H. The predicted molar refractivity (Wildman–Crippen MR) is 90.1 cm³/mol. The zero-order valence-corrected chi connectivity index (χ0v) is 12.3. The van der Waals surface area contributed by atoms with Gasteiger partial charge in [0, 0.05) is 30.9 Å². The van der Waals surface area contributed by atoms with Crippen LogP contribution in [0.4, 0.5) is 0 Å². The Morgan fingerprint density at radius 2 is 1.05 bits per heavy atom. The van der Waals surface area contributed by atoms with Gasteiger partial charge < -0.3 is 0 Å². The number of thiophene rings is 3. The minimum Gasteiger partial charge on any atom is -0.151 e. The van der Waals surface area contributed by atoms with Gasteiger partial charge in [-0.3, -0.25) is 0 Å². The van der Waals surface area contributed by atoms with Crippen molar-refractivity contribution in [3.05, 3.63) is 45.8 Å². The first-order valence-electron chi connectivity index (χ1n) is 6.08. The molecule has 0 saturated carbocycles. The zero-order valence-electron chi connectivity index (χ0n) is 9.84. The summed E-state index contributed by atoms with van der Waals surface area (Å²) in [6, 6.07) is 9.05. The SMILES string of the molecule is c1cc2c3ccc4cscc4c3sc2c2cscc12. The van der Waals surface area contributed by atoms with Crippen LogP contribution >= 0.6 is 34.0 Å². The Balaban J connectivity index is 2.15. The second kappa shape index (κ2) is 3.57. The van der Waals surface area contributed by atoms with Gasteiger partial charge in [-0.25, -0.2) is 0 Å². The van der Waals surface area contributed by atoms with Gasteiger partial charge in [-0.05, 0) is 32.3 Å². The molecular formula is C16H8S3. The number of hydrogen-bond acceptors (Lipinski definition) is 3. The molecule has 3 aromatic heterocycles. The van der Waals surface area contributed by atoms with E-state index in [1.165, 1.54) is 41.7 Å². The Kier molecular flexibility index (Phi) is 1.95. The molecule has 3 heteroatoms. The minimum absolute atomic E-state index is 1.37. The molecule has 0 aliphatic heterocycles. The van der Waals surface area contributed by atoms with Gasteiger partial charge in [-0.15, -0.1) is 11.3 Å². The molecule has 0 amide bonds. The minimum atomic E-state index is 1.37. The van der Waals surface area contributed by atoms with Crippen molar-refractivity contribution >= 4 is 75.7 Å². The van der Waals surface area contributed by atoms with E-state index in [-0.39, 0.29) is 0 Å². The lowest BCUT2D eigenvalue weighted by molar-refractivity contribution is 1.98. The number of rotatable bonds is 0. The van der Waals surface area contributed by atoms with Crippen molar-refractivity contribution in [1.29, 1.82) is 0 Å². The maximum absolute atomic E-state index is 2.28. The van der Waals surface area contributed by atoms with Gasteiger partial charge >= 0.3 is 0 Å². The highest BCUT2D eigenvalue weighted by atomic mass is 32.1. The number of benzene rings is 2. The lowest BCUT2D eigenvalue weighted by Crippen LogP contribution is -1.68. The Bertz CT molecular complexity index is 974. The molecule has 90 valence electrons. The average molecular weight is 296 g/mol. The molecule has 0 spiro atoms. The normalized spacial score (nSPS) is 12.2. The van der Waals surface area contributed by atoms with Gasteiger partial charge in [-0.1, -0.05) is 24.3 Å². The highest BCUT2D eigenvalue weighted by molar-refractivity contribution is 7.28. The first kappa shape index (κ1) is 10.4. The van der Waals surface area contributed by atoms with Crippen LogP contribution in [0.1, 0.15) is 0 Å². The van der Waals surface area contributed by atoms with Crippen LogP contribution in [0.25, 0.3) is 41.7 Å². The Labute approximate surface area is 121 Å². The summed E-state index contributed by atoms with van der Waals surface area (Å²) in [4.78, 5) is 0. The van der Waals surface area contributed by atoms with E-state index in [0.29, 0.717) is 0 Å². The van der Waals surface area contributed by atoms with Crippen LogP contribution < -0.4 is 0 Å². The van der Waals surface area contributed by atoms with E-state index < -0.39 is 0 Å². The summed E-state index contributed by atoms with van der Waals surface area (Å²) < 4.78 is 2.87. The van der Waals surface area contributed by atoms with E-state index >= 15 is 0 Å². The molecule has 3 heterocycles. The molecule has 0 radical (unpaired) electrons. The largest absolute Gasteiger partial charge is 0.151 e. The highest BCUT2D eigenvalue weighted by Crippen LogP contribution is 2.42. The van der Waals surface area contributed by atoms with Crippen LogP contribution in [0.2, 0.25) is 0 Å². The molecule has 0 saturated heterocycles. The molecule has 0 atom stereocenters. The Hall–Kier alpha value is -1.42. The summed E-state index contributed by atoms with van der Waals surface area (Å²) in [5, 5.41) is 17.4. The van der Waals surface area contributed by atoms with Gasteiger partial charge in [0.2, 0.25) is 0 Å². The van der Waals surface area contributed by atoms with Crippen LogP contribution in [0.5, 0.6) is 0 Å². The number of hydrogen-bond donors (Lipinski definition) is 0. The average Bonchev–Trinajstić information content (AvgIpc) is 3.14. The second-order valence-electron chi connectivity index (χ2n) is 4.74. The molecule has 0 bridgehead atoms. The molecule has 0 aliphatic rings. The van der Waals surface area contributed by atoms with E-state index in [2.05, 4.69) is 45.8 Å². The monoisotopic (exact) mass is 296 g/mol. The van der Waals surface area contributed by atoms with E-state index in [9.17, 15) is 0 Å². The lowest BCUT2D eigenvalue weighted by atomic mass is 10.1. The summed E-state index contributed by atoms with van der Waals surface area (Å²) in [6.07, 6.45) is 0. The third-order valence-corrected chi connectivity index (χ3v) is 6.53. The van der Waals surface area contributed by atoms with Crippen molar-refractivity contribution in [2.45, 2.75) is 0 Å². The van der Waals surface area contributed by atoms with E-state index in [1.54, 1.807) is 22.7 Å². The van der Waals surface area contributed by atoms with Crippen molar-refractivity contribution < 1.29 is 0 Å². The first-order chi connectivity index (χ1) is 9.42. The highest BCUT2D eigenvalue weighted by Gasteiger charge is 2.11. The molecule has 0 unspecified atom stereocenters. The summed E-state index contributed by atoms with van der Waals surface area (Å²) in [5.74, 6) is 0. The summed E-state index contributed by atoms with van der Waals surface area (Å²) >= 11 is 5.53. The molecular weight excluding hydrogens is 288 g/mol. The summed E-state index contributed by atoms with van der Waals surface area (Å²) in [5.41, 5.74) is 0. The van der Waals surface area contributed by atoms with Gasteiger partial charge in [0.1, 0.15) is 0 Å². The van der Waals surface area contributed by atoms with Gasteiger partial charge in [-0.2, -0.15) is 22.7 Å². The lowest BCUT2D eigenvalue weighted by Gasteiger charge is -1.94. The third-order valence-electron chi connectivity index (χ3n) is 3.72. The molecule has 19 heavy (non-hydrogen) atoms. The molecule has 0 N–H and O–H groups in total. The smallest absolute Gasteiger partial charge is 0.0442 e. The summed E-state index contributed by atoms with van der Waals surface area (Å²) in [6.45, 7) is 0. The van der Waals surface area contributed by atoms with Gasteiger partial charge in [0.25, 0.3) is 0 Å². The van der Waals surface area contributed by atoms with Gasteiger partial charge in [0.05, 0.1) is 0 Å². The van der Waals surface area contributed by atoms with Crippen LogP contribution in [-0.2, 0) is 0 Å². The fourth-order valence-electron chi connectivity index (χ4n) is 2.78. The first-order valence-corrected chi connectivity index (χ1v) is 8.78. The van der Waals surface area contributed by atoms with Crippen LogP contribution in [-0.4, -0.2) is 0 Å². The Morgan fingerprint density at radius 3 is 1.58 bits per heavy atom. The fourth-order valence-corrected chi connectivity index (χ4v) is 5.90. The molecule has 0 fully saturated rings.